The van der Waals surface area contributed by atoms with Crippen molar-refractivity contribution in [2.45, 2.75) is 44.4 Å². The number of nitrogens with one attached hydrogen (secondary N) is 1. The van der Waals surface area contributed by atoms with Crippen molar-refractivity contribution in [3.63, 3.8) is 0 Å². The number of hydrogen-bond acceptors (Lipinski definition) is 4. The molecule has 2 N–H and O–H groups in total. The third-order valence-electron chi connectivity index (χ3n) is 4.80. The minimum atomic E-state index is -4.23. The number of alkyl halides is 1. The fourth-order valence-electron chi connectivity index (χ4n) is 3.47. The highest BCUT2D eigenvalue weighted by Gasteiger charge is 2.29. The quantitative estimate of drug-likeness (QED) is 0.510. The number of hydrogen-bond donors (Lipinski definition) is 2. The van der Waals surface area contributed by atoms with Gasteiger partial charge < -0.3 is 10.2 Å². The summed E-state index contributed by atoms with van der Waals surface area (Å²) in [7, 11) is -4.23. The monoisotopic (exact) mass is 415 g/mol. The van der Waals surface area contributed by atoms with Crippen LogP contribution >= 0.6 is 19.4 Å². The maximum atomic E-state index is 12.0. The summed E-state index contributed by atoms with van der Waals surface area (Å²) < 4.78 is 21.9. The number of benzene rings is 1. The van der Waals surface area contributed by atoms with E-state index in [9.17, 15) is 9.46 Å². The van der Waals surface area contributed by atoms with Gasteiger partial charge in [0, 0.05) is 12.4 Å². The zero-order valence-corrected chi connectivity index (χ0v) is 17.0. The lowest BCUT2D eigenvalue weighted by atomic mass is 9.84. The highest BCUT2D eigenvalue weighted by atomic mass is 35.5. The molecule has 7 nitrogen and oxygen atoms in total. The molecule has 1 saturated heterocycles. The molecule has 27 heavy (non-hydrogen) atoms. The molecule has 3 rings (SSSR count). The standard InChI is InChI=1S/C18H27ClN3O4P/c19-11-14-25-27(23,24)26-22-13-4-12-20-18(22)21-17-9-7-16(8-10-17)15-5-2-1-3-6-15/h7-10,15H,1-6,11-14H2,(H,20,21)(H,23,24). The van der Waals surface area contributed by atoms with Crippen LogP contribution in [0.3, 0.4) is 0 Å². The van der Waals surface area contributed by atoms with Crippen LogP contribution < -0.4 is 5.32 Å². The fourth-order valence-corrected chi connectivity index (χ4v) is 4.43. The van der Waals surface area contributed by atoms with Crippen molar-refractivity contribution in [1.29, 1.82) is 0 Å². The molecular formula is C18H27ClN3O4P. The Labute approximate surface area is 165 Å². The smallest absolute Gasteiger partial charge is 0.354 e. The van der Waals surface area contributed by atoms with Gasteiger partial charge in [-0.3, -0.25) is 4.52 Å². The molecule has 1 aliphatic heterocycles. The number of phosphoric ester groups is 1. The van der Waals surface area contributed by atoms with Gasteiger partial charge in [-0.05, 0) is 42.9 Å². The Hall–Kier alpha value is -1.11. The van der Waals surface area contributed by atoms with E-state index in [1.54, 1.807) is 0 Å². The van der Waals surface area contributed by atoms with Crippen molar-refractivity contribution >= 4 is 31.1 Å². The van der Waals surface area contributed by atoms with E-state index in [1.165, 1.54) is 42.7 Å². The molecule has 0 aromatic heterocycles. The molecule has 1 atom stereocenters. The van der Waals surface area contributed by atoms with Crippen molar-refractivity contribution in [3.05, 3.63) is 29.8 Å². The summed E-state index contributed by atoms with van der Waals surface area (Å²) >= 11 is 5.49. The molecule has 0 radical (unpaired) electrons. The molecule has 1 aromatic carbocycles. The zero-order chi connectivity index (χ0) is 19.1. The predicted octanol–water partition coefficient (Wildman–Crippen LogP) is 4.30. The van der Waals surface area contributed by atoms with Crippen LogP contribution in [0.15, 0.2) is 29.3 Å². The van der Waals surface area contributed by atoms with E-state index in [1.807, 2.05) is 12.1 Å². The molecule has 1 saturated carbocycles. The van der Waals surface area contributed by atoms with Gasteiger partial charge in [-0.15, -0.1) is 11.6 Å². The number of nitrogens with zero attached hydrogens (tertiary/aromatic N) is 2. The van der Waals surface area contributed by atoms with Gasteiger partial charge in [0.2, 0.25) is 5.96 Å². The second kappa shape index (κ2) is 9.89. The Morgan fingerprint density at radius 2 is 1.96 bits per heavy atom. The zero-order valence-electron chi connectivity index (χ0n) is 15.3. The van der Waals surface area contributed by atoms with Gasteiger partial charge in [-0.1, -0.05) is 31.4 Å². The first-order valence-corrected chi connectivity index (χ1v) is 11.5. The van der Waals surface area contributed by atoms with Crippen LogP contribution in [-0.4, -0.2) is 41.5 Å². The Morgan fingerprint density at radius 1 is 1.22 bits per heavy atom. The molecule has 9 heteroatoms. The summed E-state index contributed by atoms with van der Waals surface area (Å²) in [6, 6.07) is 8.22. The molecule has 1 heterocycles. The van der Waals surface area contributed by atoms with Gasteiger partial charge in [-0.2, -0.15) is 4.62 Å². The van der Waals surface area contributed by atoms with E-state index in [0.717, 1.165) is 18.7 Å². The summed E-state index contributed by atoms with van der Waals surface area (Å²) in [4.78, 5) is 14.3. The first-order chi connectivity index (χ1) is 13.1. The number of guanidine groups is 1. The molecule has 2 aliphatic rings. The number of phosphoric acid groups is 1. The minimum absolute atomic E-state index is 0.0638. The third kappa shape index (κ3) is 6.19. The van der Waals surface area contributed by atoms with Crippen LogP contribution in [0, 0.1) is 0 Å². The number of halogens is 1. The van der Waals surface area contributed by atoms with Crippen LogP contribution in [0.4, 0.5) is 5.69 Å². The Morgan fingerprint density at radius 3 is 2.67 bits per heavy atom. The molecule has 1 aromatic rings. The first kappa shape index (κ1) is 20.6. The third-order valence-corrected chi connectivity index (χ3v) is 5.86. The van der Waals surface area contributed by atoms with E-state index < -0.39 is 7.82 Å². The minimum Gasteiger partial charge on any atom is -0.354 e. The fraction of sp³-hybridized carbons (Fsp3) is 0.611. The first-order valence-electron chi connectivity index (χ1n) is 9.50. The molecule has 150 valence electrons. The largest absolute Gasteiger partial charge is 0.494 e. The normalized spacial score (nSPS) is 22.4. The van der Waals surface area contributed by atoms with Gasteiger partial charge in [0.15, 0.2) is 0 Å². The number of rotatable bonds is 7. The van der Waals surface area contributed by atoms with Gasteiger partial charge >= 0.3 is 7.82 Å². The second-order valence-electron chi connectivity index (χ2n) is 6.82. The molecule has 0 amide bonds. The highest BCUT2D eigenvalue weighted by molar-refractivity contribution is 7.47. The Bertz CT molecular complexity index is 680. The van der Waals surface area contributed by atoms with Crippen molar-refractivity contribution in [3.8, 4) is 0 Å². The maximum Gasteiger partial charge on any atom is 0.494 e. The molecule has 0 spiro atoms. The summed E-state index contributed by atoms with van der Waals surface area (Å²) in [5.41, 5.74) is 2.12. The van der Waals surface area contributed by atoms with E-state index in [0.29, 0.717) is 18.4 Å². The predicted molar refractivity (Wildman–Crippen MR) is 106 cm³/mol. The average Bonchev–Trinajstić information content (AvgIpc) is 2.69. The van der Waals surface area contributed by atoms with Gasteiger partial charge in [-0.25, -0.2) is 14.6 Å². The van der Waals surface area contributed by atoms with Crippen molar-refractivity contribution in [1.82, 2.24) is 10.4 Å². The molecular weight excluding hydrogens is 389 g/mol. The number of aliphatic imine (C=N–C) groups is 1. The lowest BCUT2D eigenvalue weighted by molar-refractivity contribution is -0.0313. The second-order valence-corrected chi connectivity index (χ2v) is 8.55. The molecule has 0 bridgehead atoms. The van der Waals surface area contributed by atoms with E-state index >= 15 is 0 Å². The summed E-state index contributed by atoms with van der Waals surface area (Å²) in [6.07, 6.45) is 7.22. The topological polar surface area (TPSA) is 83.4 Å². The number of hydroxylamine groups is 2. The van der Waals surface area contributed by atoms with Crippen molar-refractivity contribution < 1.29 is 18.6 Å². The van der Waals surface area contributed by atoms with Gasteiger partial charge in [0.1, 0.15) is 0 Å². The lowest BCUT2D eigenvalue weighted by Crippen LogP contribution is -2.46. The molecule has 1 aliphatic carbocycles. The maximum absolute atomic E-state index is 12.0. The van der Waals surface area contributed by atoms with Gasteiger partial charge in [0.25, 0.3) is 0 Å². The van der Waals surface area contributed by atoms with Crippen LogP contribution in [0.5, 0.6) is 0 Å². The van der Waals surface area contributed by atoms with Crippen LogP contribution in [-0.2, 0) is 13.7 Å². The Kier molecular flexibility index (Phi) is 7.56. The van der Waals surface area contributed by atoms with Crippen LogP contribution in [0.1, 0.15) is 50.0 Å². The lowest BCUT2D eigenvalue weighted by Gasteiger charge is -2.30. The van der Waals surface area contributed by atoms with Crippen molar-refractivity contribution in [2.75, 3.05) is 25.6 Å². The summed E-state index contributed by atoms with van der Waals surface area (Å²) in [5.74, 6) is 1.16. The summed E-state index contributed by atoms with van der Waals surface area (Å²) in [5, 5.41) is 4.40. The van der Waals surface area contributed by atoms with E-state index in [-0.39, 0.29) is 12.5 Å². The molecule has 2 fully saturated rings. The van der Waals surface area contributed by atoms with E-state index in [4.69, 9.17) is 20.7 Å². The Balaban J connectivity index is 1.68. The van der Waals surface area contributed by atoms with Crippen LogP contribution in [0.25, 0.3) is 0 Å². The van der Waals surface area contributed by atoms with E-state index in [2.05, 4.69) is 22.4 Å². The van der Waals surface area contributed by atoms with Crippen molar-refractivity contribution in [2.24, 2.45) is 4.99 Å². The SMILES string of the molecule is O=P(O)(OCCCl)ON1CCCNC1=Nc1ccc(C2CCCCC2)cc1. The molecule has 1 unspecified atom stereocenters. The average molecular weight is 416 g/mol. The van der Waals surface area contributed by atoms with Gasteiger partial charge in [0.05, 0.1) is 18.8 Å². The summed E-state index contributed by atoms with van der Waals surface area (Å²) in [6.45, 7) is 1.10. The van der Waals surface area contributed by atoms with Crippen LogP contribution in [0.2, 0.25) is 0 Å². The highest BCUT2D eigenvalue weighted by Crippen LogP contribution is 2.44.